The number of nitrogens with zero attached hydrogens (tertiary/aromatic N) is 2. The van der Waals surface area contributed by atoms with Crippen molar-refractivity contribution in [2.24, 2.45) is 0 Å². The quantitative estimate of drug-likeness (QED) is 0.658. The van der Waals surface area contributed by atoms with Gasteiger partial charge in [-0.15, -0.1) is 0 Å². The molecule has 7 nitrogen and oxygen atoms in total. The Hall–Kier alpha value is -1.22. The van der Waals surface area contributed by atoms with Crippen molar-refractivity contribution >= 4 is 27.3 Å². The third-order valence-corrected chi connectivity index (χ3v) is 6.85. The van der Waals surface area contributed by atoms with Crippen LogP contribution in [0.4, 0.5) is 5.69 Å². The Morgan fingerprint density at radius 3 is 2.70 bits per heavy atom. The van der Waals surface area contributed by atoms with E-state index in [9.17, 15) is 18.5 Å². The molecule has 2 heterocycles. The van der Waals surface area contributed by atoms with Crippen LogP contribution in [0.3, 0.4) is 0 Å². The molecule has 0 spiro atoms. The average Bonchev–Trinajstić information content (AvgIpc) is 2.79. The minimum absolute atomic E-state index is 0.0900. The molecule has 0 aliphatic carbocycles. The van der Waals surface area contributed by atoms with Crippen LogP contribution in [0.25, 0.3) is 0 Å². The van der Waals surface area contributed by atoms with Gasteiger partial charge in [0.1, 0.15) is 0 Å². The lowest BCUT2D eigenvalue weighted by Gasteiger charge is -2.23. The molecule has 0 radical (unpaired) electrons. The van der Waals surface area contributed by atoms with Crippen molar-refractivity contribution < 1.29 is 13.3 Å². The molecule has 1 aromatic rings. The Morgan fingerprint density at radius 2 is 2.00 bits per heavy atom. The SMILES string of the molecule is Cc1c(Cl)cc(S(=O)(=O)N2CCC3CCC(C2)N3)cc1[N+](=O)[O-]. The summed E-state index contributed by atoms with van der Waals surface area (Å²) < 4.78 is 27.2. The Morgan fingerprint density at radius 1 is 1.30 bits per heavy atom. The molecule has 2 atom stereocenters. The van der Waals surface area contributed by atoms with Crippen molar-refractivity contribution in [2.75, 3.05) is 13.1 Å². The van der Waals surface area contributed by atoms with Crippen LogP contribution in [0, 0.1) is 17.0 Å². The topological polar surface area (TPSA) is 92.6 Å². The summed E-state index contributed by atoms with van der Waals surface area (Å²) in [7, 11) is -3.80. The van der Waals surface area contributed by atoms with Crippen LogP contribution in [0.2, 0.25) is 5.02 Å². The van der Waals surface area contributed by atoms with Crippen molar-refractivity contribution in [3.05, 3.63) is 32.8 Å². The fourth-order valence-corrected chi connectivity index (χ4v) is 5.08. The molecule has 2 saturated heterocycles. The predicted molar refractivity (Wildman–Crippen MR) is 86.2 cm³/mol. The van der Waals surface area contributed by atoms with E-state index in [1.165, 1.54) is 17.3 Å². The fourth-order valence-electron chi connectivity index (χ4n) is 3.26. The van der Waals surface area contributed by atoms with E-state index in [2.05, 4.69) is 5.32 Å². The molecule has 3 rings (SSSR count). The van der Waals surface area contributed by atoms with Crippen LogP contribution in [-0.2, 0) is 10.0 Å². The van der Waals surface area contributed by atoms with Crippen LogP contribution < -0.4 is 5.32 Å². The minimum Gasteiger partial charge on any atom is -0.310 e. The molecular weight excluding hydrogens is 342 g/mol. The van der Waals surface area contributed by atoms with E-state index in [4.69, 9.17) is 11.6 Å². The summed E-state index contributed by atoms with van der Waals surface area (Å²) in [6.07, 6.45) is 2.77. The Balaban J connectivity index is 1.98. The highest BCUT2D eigenvalue weighted by molar-refractivity contribution is 7.89. The lowest BCUT2D eigenvalue weighted by molar-refractivity contribution is -0.385. The van der Waals surface area contributed by atoms with Crippen molar-refractivity contribution in [3.63, 3.8) is 0 Å². The van der Waals surface area contributed by atoms with Gasteiger partial charge in [-0.1, -0.05) is 11.6 Å². The molecule has 2 fully saturated rings. The molecule has 2 unspecified atom stereocenters. The highest BCUT2D eigenvalue weighted by Crippen LogP contribution is 2.32. The van der Waals surface area contributed by atoms with Crippen LogP contribution in [0.1, 0.15) is 24.8 Å². The summed E-state index contributed by atoms with van der Waals surface area (Å²) in [5.74, 6) is 0. The number of nitro groups is 1. The Kier molecular flexibility index (Phi) is 4.35. The van der Waals surface area contributed by atoms with Crippen LogP contribution in [0.5, 0.6) is 0 Å². The smallest absolute Gasteiger partial charge is 0.275 e. The molecule has 2 bridgehead atoms. The van der Waals surface area contributed by atoms with Crippen LogP contribution >= 0.6 is 11.6 Å². The van der Waals surface area contributed by atoms with Crippen molar-refractivity contribution in [1.82, 2.24) is 9.62 Å². The molecule has 0 amide bonds. The number of rotatable bonds is 3. The van der Waals surface area contributed by atoms with Gasteiger partial charge in [-0.05, 0) is 32.3 Å². The number of halogens is 1. The number of hydrogen-bond acceptors (Lipinski definition) is 5. The van der Waals surface area contributed by atoms with Crippen molar-refractivity contribution in [3.8, 4) is 0 Å². The number of fused-ring (bicyclic) bond motifs is 2. The summed E-state index contributed by atoms with van der Waals surface area (Å²) in [6.45, 7) is 2.31. The molecule has 2 aliphatic heterocycles. The first-order valence-electron chi connectivity index (χ1n) is 7.50. The largest absolute Gasteiger partial charge is 0.310 e. The van der Waals surface area contributed by atoms with Gasteiger partial charge in [-0.25, -0.2) is 8.42 Å². The number of nitrogens with one attached hydrogen (secondary N) is 1. The molecule has 0 saturated carbocycles. The lowest BCUT2D eigenvalue weighted by Crippen LogP contribution is -2.39. The molecule has 0 aromatic heterocycles. The normalized spacial score (nSPS) is 25.3. The summed E-state index contributed by atoms with van der Waals surface area (Å²) >= 11 is 6.00. The van der Waals surface area contributed by atoms with E-state index in [0.717, 1.165) is 25.3 Å². The van der Waals surface area contributed by atoms with Gasteiger partial charge >= 0.3 is 0 Å². The highest BCUT2D eigenvalue weighted by Gasteiger charge is 2.35. The number of sulfonamides is 1. The predicted octanol–water partition coefficient (Wildman–Crippen LogP) is 2.07. The highest BCUT2D eigenvalue weighted by atomic mass is 35.5. The fraction of sp³-hybridized carbons (Fsp3) is 0.571. The van der Waals surface area contributed by atoms with Crippen LogP contribution in [-0.4, -0.2) is 42.8 Å². The maximum absolute atomic E-state index is 12.9. The third kappa shape index (κ3) is 3.08. The maximum Gasteiger partial charge on any atom is 0.275 e. The minimum atomic E-state index is -3.80. The number of benzene rings is 1. The first-order valence-corrected chi connectivity index (χ1v) is 9.31. The van der Waals surface area contributed by atoms with E-state index >= 15 is 0 Å². The maximum atomic E-state index is 12.9. The lowest BCUT2D eigenvalue weighted by atomic mass is 10.1. The zero-order valence-electron chi connectivity index (χ0n) is 12.7. The Bertz CT molecular complexity index is 753. The first-order chi connectivity index (χ1) is 10.8. The van der Waals surface area contributed by atoms with E-state index in [1.807, 2.05) is 0 Å². The molecule has 2 aliphatic rings. The number of nitro benzene ring substituents is 1. The molecule has 126 valence electrons. The molecular formula is C14H18ClN3O4S. The third-order valence-electron chi connectivity index (χ3n) is 4.61. The second-order valence-electron chi connectivity index (χ2n) is 6.10. The van der Waals surface area contributed by atoms with Gasteiger partial charge in [0, 0.05) is 36.8 Å². The van der Waals surface area contributed by atoms with Crippen LogP contribution in [0.15, 0.2) is 17.0 Å². The molecule has 23 heavy (non-hydrogen) atoms. The first kappa shape index (κ1) is 16.6. The van der Waals surface area contributed by atoms with Gasteiger partial charge in [0.25, 0.3) is 5.69 Å². The molecule has 9 heteroatoms. The zero-order chi connectivity index (χ0) is 16.8. The second-order valence-corrected chi connectivity index (χ2v) is 8.44. The summed E-state index contributed by atoms with van der Waals surface area (Å²) in [4.78, 5) is 10.4. The van der Waals surface area contributed by atoms with Crippen molar-refractivity contribution in [1.29, 1.82) is 0 Å². The monoisotopic (exact) mass is 359 g/mol. The standard InChI is InChI=1S/C14H18ClN3O4S/c1-9-13(15)6-12(7-14(9)18(19)20)23(21,22)17-5-4-10-2-3-11(8-17)16-10/h6-7,10-11,16H,2-5,8H2,1H3. The average molecular weight is 360 g/mol. The zero-order valence-corrected chi connectivity index (χ0v) is 14.2. The van der Waals surface area contributed by atoms with E-state index in [-0.39, 0.29) is 27.2 Å². The summed E-state index contributed by atoms with van der Waals surface area (Å²) in [5, 5.41) is 14.6. The van der Waals surface area contributed by atoms with Gasteiger partial charge in [0.15, 0.2) is 0 Å². The van der Waals surface area contributed by atoms with Gasteiger partial charge in [-0.2, -0.15) is 4.31 Å². The molecule has 1 aromatic carbocycles. The number of hydrogen-bond donors (Lipinski definition) is 1. The van der Waals surface area contributed by atoms with E-state index in [1.54, 1.807) is 0 Å². The van der Waals surface area contributed by atoms with Crippen molar-refractivity contribution in [2.45, 2.75) is 43.2 Å². The van der Waals surface area contributed by atoms with Gasteiger partial charge < -0.3 is 5.32 Å². The summed E-state index contributed by atoms with van der Waals surface area (Å²) in [6, 6.07) is 2.91. The molecule has 1 N–H and O–H groups in total. The Labute approximate surface area is 139 Å². The van der Waals surface area contributed by atoms with Gasteiger partial charge in [0.05, 0.1) is 14.8 Å². The van der Waals surface area contributed by atoms with Gasteiger partial charge in [-0.3, -0.25) is 10.1 Å². The van der Waals surface area contributed by atoms with Gasteiger partial charge in [0.2, 0.25) is 10.0 Å². The second kappa shape index (κ2) is 6.01. The van der Waals surface area contributed by atoms with E-state index < -0.39 is 14.9 Å². The van der Waals surface area contributed by atoms with E-state index in [0.29, 0.717) is 19.1 Å². The summed E-state index contributed by atoms with van der Waals surface area (Å²) in [5.41, 5.74) is -0.00208.